The maximum atomic E-state index is 11.6. The van der Waals surface area contributed by atoms with Crippen LogP contribution >= 0.6 is 11.6 Å². The van der Waals surface area contributed by atoms with Gasteiger partial charge in [0.15, 0.2) is 0 Å². The molecule has 0 bridgehead atoms. The van der Waals surface area contributed by atoms with Crippen molar-refractivity contribution in [3.05, 3.63) is 125 Å². The summed E-state index contributed by atoms with van der Waals surface area (Å²) in [6.07, 6.45) is 9.27. The van der Waals surface area contributed by atoms with Crippen molar-refractivity contribution in [3.63, 3.8) is 0 Å². The number of imidazole rings is 1. The molecule has 1 N–H and O–H groups in total. The second kappa shape index (κ2) is 10.5. The average Bonchev–Trinajstić information content (AvgIpc) is 3.42. The molecule has 7 heteroatoms. The third kappa shape index (κ3) is 5.29. The van der Waals surface area contributed by atoms with Gasteiger partial charge in [0.2, 0.25) is 0 Å². The molecule has 2 heterocycles. The number of hydrogen-bond donors (Lipinski definition) is 1. The molecule has 6 nitrogen and oxygen atoms in total. The van der Waals surface area contributed by atoms with E-state index in [0.29, 0.717) is 10.8 Å². The molecular formula is C29H22ClN3O3. The number of carbonyl (C=O) groups is 1. The highest BCUT2D eigenvalue weighted by atomic mass is 35.5. The van der Waals surface area contributed by atoms with Crippen LogP contribution < -0.4 is 4.74 Å². The van der Waals surface area contributed by atoms with E-state index in [2.05, 4.69) is 16.0 Å². The molecule has 0 amide bonds. The van der Waals surface area contributed by atoms with Gasteiger partial charge in [-0.1, -0.05) is 60.1 Å². The monoisotopic (exact) mass is 495 g/mol. The van der Waals surface area contributed by atoms with E-state index >= 15 is 0 Å². The minimum absolute atomic E-state index is 0.128. The van der Waals surface area contributed by atoms with Crippen LogP contribution in [0.5, 0.6) is 5.75 Å². The van der Waals surface area contributed by atoms with Crippen molar-refractivity contribution in [3.8, 4) is 5.75 Å². The van der Waals surface area contributed by atoms with Crippen molar-refractivity contribution < 1.29 is 14.6 Å². The van der Waals surface area contributed by atoms with E-state index in [0.717, 1.165) is 27.7 Å². The van der Waals surface area contributed by atoms with Gasteiger partial charge in [-0.2, -0.15) is 0 Å². The number of carboxylic acid groups (broad SMARTS) is 1. The van der Waals surface area contributed by atoms with E-state index in [-0.39, 0.29) is 18.2 Å². The Bertz CT molecular complexity index is 1550. The lowest BCUT2D eigenvalue weighted by Gasteiger charge is -2.20. The summed E-state index contributed by atoms with van der Waals surface area (Å²) in [7, 11) is 0. The fraction of sp³-hybridized carbons (Fsp3) is 0.0690. The number of para-hydroxylation sites is 1. The first-order valence-electron chi connectivity index (χ1n) is 11.3. The Labute approximate surface area is 213 Å². The summed E-state index contributed by atoms with van der Waals surface area (Å²) in [6.45, 7) is 0.237. The molecule has 0 aliphatic heterocycles. The molecule has 0 saturated carbocycles. The molecule has 1 unspecified atom stereocenters. The number of halogens is 1. The second-order valence-corrected chi connectivity index (χ2v) is 8.65. The van der Waals surface area contributed by atoms with Crippen LogP contribution in [0.3, 0.4) is 0 Å². The molecule has 0 saturated heterocycles. The van der Waals surface area contributed by atoms with Crippen LogP contribution in [0, 0.1) is 0 Å². The van der Waals surface area contributed by atoms with Gasteiger partial charge in [-0.3, -0.25) is 0 Å². The summed E-state index contributed by atoms with van der Waals surface area (Å²) < 4.78 is 7.94. The Morgan fingerprint density at radius 2 is 1.89 bits per heavy atom. The van der Waals surface area contributed by atoms with Crippen LogP contribution in [0.25, 0.3) is 23.1 Å². The lowest BCUT2D eigenvalue weighted by molar-refractivity contribution is 0.0691. The van der Waals surface area contributed by atoms with Gasteiger partial charge < -0.3 is 14.4 Å². The predicted octanol–water partition coefficient (Wildman–Crippen LogP) is 6.62. The minimum atomic E-state index is -1.03. The number of aromatic carboxylic acids is 1. The Morgan fingerprint density at radius 3 is 2.72 bits per heavy atom. The summed E-state index contributed by atoms with van der Waals surface area (Å²) in [4.78, 5) is 20.4. The Morgan fingerprint density at radius 1 is 1.03 bits per heavy atom. The van der Waals surface area contributed by atoms with Crippen LogP contribution in [-0.2, 0) is 0 Å². The molecule has 1 atom stereocenters. The van der Waals surface area contributed by atoms with Crippen LogP contribution in [0.4, 0.5) is 0 Å². The predicted molar refractivity (Wildman–Crippen MR) is 141 cm³/mol. The number of carboxylic acids is 1. The van der Waals surface area contributed by atoms with Gasteiger partial charge in [0, 0.05) is 22.8 Å². The number of rotatable bonds is 8. The molecule has 0 radical (unpaired) electrons. The van der Waals surface area contributed by atoms with Gasteiger partial charge in [-0.25, -0.2) is 14.8 Å². The van der Waals surface area contributed by atoms with Crippen molar-refractivity contribution in [1.82, 2.24) is 14.5 Å². The lowest BCUT2D eigenvalue weighted by atomic mass is 10.0. The van der Waals surface area contributed by atoms with E-state index in [1.807, 2.05) is 71.4 Å². The van der Waals surface area contributed by atoms with Crippen LogP contribution in [0.1, 0.15) is 33.2 Å². The van der Waals surface area contributed by atoms with Crippen LogP contribution in [0.2, 0.25) is 5.02 Å². The zero-order valence-corrected chi connectivity index (χ0v) is 19.9. The number of fused-ring (bicyclic) bond motifs is 1. The molecular weight excluding hydrogens is 474 g/mol. The molecule has 178 valence electrons. The normalized spacial score (nSPS) is 12.1. The van der Waals surface area contributed by atoms with E-state index in [9.17, 15) is 9.90 Å². The van der Waals surface area contributed by atoms with E-state index < -0.39 is 5.97 Å². The molecule has 0 spiro atoms. The first-order valence-corrected chi connectivity index (χ1v) is 11.7. The van der Waals surface area contributed by atoms with Gasteiger partial charge in [0.25, 0.3) is 0 Å². The summed E-state index contributed by atoms with van der Waals surface area (Å²) in [6, 6.07) is 24.2. The molecule has 5 aromatic rings. The first-order chi connectivity index (χ1) is 17.6. The SMILES string of the molecule is O=C(O)c1ccccc1OCC(c1cccc(/C=C/c2ccc3ccc(Cl)cc3n2)c1)n1ccnc1. The number of ether oxygens (including phenoxy) is 1. The van der Waals surface area contributed by atoms with Crippen molar-refractivity contribution in [2.24, 2.45) is 0 Å². The molecule has 36 heavy (non-hydrogen) atoms. The van der Waals surface area contributed by atoms with E-state index in [1.165, 1.54) is 6.07 Å². The maximum absolute atomic E-state index is 11.6. The molecule has 2 aromatic heterocycles. The molecule has 5 rings (SSSR count). The molecule has 0 aliphatic carbocycles. The topological polar surface area (TPSA) is 77.2 Å². The van der Waals surface area contributed by atoms with Gasteiger partial charge >= 0.3 is 5.97 Å². The summed E-state index contributed by atoms with van der Waals surface area (Å²) in [5.74, 6) is -0.699. The molecule has 0 aliphatic rings. The van der Waals surface area contributed by atoms with Crippen LogP contribution in [0.15, 0.2) is 97.6 Å². The van der Waals surface area contributed by atoms with Crippen molar-refractivity contribution in [1.29, 1.82) is 0 Å². The number of pyridine rings is 1. The first kappa shape index (κ1) is 23.3. The van der Waals surface area contributed by atoms with Crippen molar-refractivity contribution in [2.45, 2.75) is 6.04 Å². The highest BCUT2D eigenvalue weighted by Crippen LogP contribution is 2.25. The number of aromatic nitrogens is 3. The summed E-state index contributed by atoms with van der Waals surface area (Å²) in [5.41, 5.74) is 3.80. The Balaban J connectivity index is 1.40. The number of benzene rings is 3. The summed E-state index contributed by atoms with van der Waals surface area (Å²) >= 11 is 6.12. The quantitative estimate of drug-likeness (QED) is 0.261. The summed E-state index contributed by atoms with van der Waals surface area (Å²) in [5, 5.41) is 11.2. The lowest BCUT2D eigenvalue weighted by Crippen LogP contribution is -2.18. The second-order valence-electron chi connectivity index (χ2n) is 8.21. The highest BCUT2D eigenvalue weighted by molar-refractivity contribution is 6.31. The zero-order valence-electron chi connectivity index (χ0n) is 19.2. The van der Waals surface area contributed by atoms with E-state index in [1.54, 1.807) is 30.7 Å². The van der Waals surface area contributed by atoms with Gasteiger partial charge in [0.1, 0.15) is 17.9 Å². The number of nitrogens with zero attached hydrogens (tertiary/aromatic N) is 3. The fourth-order valence-corrected chi connectivity index (χ4v) is 4.16. The van der Waals surface area contributed by atoms with Gasteiger partial charge in [-0.05, 0) is 53.6 Å². The standard InChI is InChI=1S/C29H22ClN3O3/c30-23-11-9-21-10-13-24(32-26(21)17-23)12-8-20-4-3-5-22(16-20)27(33-15-14-31-19-33)18-36-28-7-2-1-6-25(28)29(34)35/h1-17,19,27H,18H2,(H,34,35)/b12-8+. The third-order valence-corrected chi connectivity index (χ3v) is 6.05. The zero-order chi connectivity index (χ0) is 24.9. The Kier molecular flexibility index (Phi) is 6.78. The van der Waals surface area contributed by atoms with Crippen LogP contribution in [-0.4, -0.2) is 32.2 Å². The van der Waals surface area contributed by atoms with Gasteiger partial charge in [0.05, 0.1) is 23.6 Å². The van der Waals surface area contributed by atoms with Crippen molar-refractivity contribution in [2.75, 3.05) is 6.61 Å². The van der Waals surface area contributed by atoms with Gasteiger partial charge in [-0.15, -0.1) is 0 Å². The largest absolute Gasteiger partial charge is 0.490 e. The molecule has 3 aromatic carbocycles. The smallest absolute Gasteiger partial charge is 0.339 e. The third-order valence-electron chi connectivity index (χ3n) is 5.82. The molecule has 0 fully saturated rings. The maximum Gasteiger partial charge on any atom is 0.339 e. The average molecular weight is 496 g/mol. The van der Waals surface area contributed by atoms with Crippen molar-refractivity contribution >= 4 is 40.6 Å². The minimum Gasteiger partial charge on any atom is -0.490 e. The Hall–Kier alpha value is -4.42. The number of hydrogen-bond acceptors (Lipinski definition) is 4. The fourth-order valence-electron chi connectivity index (χ4n) is 4.00. The highest BCUT2D eigenvalue weighted by Gasteiger charge is 2.17. The van der Waals surface area contributed by atoms with E-state index in [4.69, 9.17) is 16.3 Å².